The molecule has 0 aromatic heterocycles. The third-order valence-corrected chi connectivity index (χ3v) is 5.45. The van der Waals surface area contributed by atoms with Crippen molar-refractivity contribution < 1.29 is 14.0 Å². The maximum Gasteiger partial charge on any atom is 0.362 e. The molecule has 0 unspecified atom stereocenters. The van der Waals surface area contributed by atoms with Crippen LogP contribution in [-0.4, -0.2) is 62.0 Å². The highest BCUT2D eigenvalue weighted by molar-refractivity contribution is 5.80. The van der Waals surface area contributed by atoms with Gasteiger partial charge in [-0.3, -0.25) is 0 Å². The summed E-state index contributed by atoms with van der Waals surface area (Å²) in [6, 6.07) is 16.8. The fraction of sp³-hybridized carbons (Fsp3) is 0.417. The van der Waals surface area contributed by atoms with Crippen LogP contribution in [0.2, 0.25) is 0 Å². The Labute approximate surface area is 179 Å². The van der Waals surface area contributed by atoms with Crippen LogP contribution in [0.3, 0.4) is 0 Å². The molecule has 0 spiro atoms. The second-order valence-corrected chi connectivity index (χ2v) is 9.25. The van der Waals surface area contributed by atoms with E-state index in [1.165, 1.54) is 11.3 Å². The molecular formula is C24H33N4O2+. The number of hydrogen-bond donors (Lipinski definition) is 1. The minimum Gasteiger partial charge on any atom is -0.456 e. The summed E-state index contributed by atoms with van der Waals surface area (Å²) in [6.45, 7) is 9.85. The number of esters is 1. The SMILES string of the molecule is CC(C)(C)OC(=O)C[N+]1(C)CCN(c2ccc(-c3ccc(C=NN)cc3)cc2)CC1. The van der Waals surface area contributed by atoms with E-state index in [1.807, 2.05) is 32.9 Å². The van der Waals surface area contributed by atoms with E-state index >= 15 is 0 Å². The molecule has 2 aromatic rings. The van der Waals surface area contributed by atoms with E-state index in [0.717, 1.165) is 41.8 Å². The van der Waals surface area contributed by atoms with Crippen molar-refractivity contribution in [3.8, 4) is 11.1 Å². The average molecular weight is 410 g/mol. The van der Waals surface area contributed by atoms with E-state index in [0.29, 0.717) is 6.54 Å². The molecule has 1 heterocycles. The number of nitrogens with two attached hydrogens (primary N) is 1. The van der Waals surface area contributed by atoms with Crippen LogP contribution in [0.25, 0.3) is 11.1 Å². The lowest BCUT2D eigenvalue weighted by atomic mass is 10.0. The number of carbonyl (C=O) groups excluding carboxylic acids is 1. The lowest BCUT2D eigenvalue weighted by Crippen LogP contribution is -2.59. The zero-order valence-corrected chi connectivity index (χ0v) is 18.5. The normalized spacial score (nSPS) is 16.6. The Morgan fingerprint density at radius 2 is 1.60 bits per heavy atom. The Hall–Kier alpha value is -2.86. The summed E-state index contributed by atoms with van der Waals surface area (Å²) in [5.41, 5.74) is 4.11. The van der Waals surface area contributed by atoms with Gasteiger partial charge in [-0.1, -0.05) is 36.4 Å². The van der Waals surface area contributed by atoms with Crippen LogP contribution in [0.4, 0.5) is 5.69 Å². The lowest BCUT2D eigenvalue weighted by molar-refractivity contribution is -0.903. The van der Waals surface area contributed by atoms with Gasteiger partial charge in [-0.2, -0.15) is 5.10 Å². The number of nitrogens with zero attached hydrogens (tertiary/aromatic N) is 3. The minimum absolute atomic E-state index is 0.119. The highest BCUT2D eigenvalue weighted by Gasteiger charge is 2.33. The predicted molar refractivity (Wildman–Crippen MR) is 123 cm³/mol. The molecule has 0 saturated carbocycles. The number of quaternary nitrogens is 1. The number of ether oxygens (including phenoxy) is 1. The quantitative estimate of drug-likeness (QED) is 0.271. The third kappa shape index (κ3) is 5.83. The Kier molecular flexibility index (Phi) is 6.46. The molecule has 0 bridgehead atoms. The molecule has 1 fully saturated rings. The summed E-state index contributed by atoms with van der Waals surface area (Å²) in [6.07, 6.45) is 1.64. The maximum absolute atomic E-state index is 12.2. The van der Waals surface area contributed by atoms with Crippen molar-refractivity contribution in [2.75, 3.05) is 44.7 Å². The molecule has 0 atom stereocenters. The zero-order chi connectivity index (χ0) is 21.8. The molecule has 0 radical (unpaired) electrons. The van der Waals surface area contributed by atoms with Crippen LogP contribution >= 0.6 is 0 Å². The number of benzene rings is 2. The number of piperazine rings is 1. The summed E-state index contributed by atoms with van der Waals surface area (Å²) in [7, 11) is 2.14. The predicted octanol–water partition coefficient (Wildman–Crippen LogP) is 3.25. The van der Waals surface area contributed by atoms with Crippen LogP contribution in [0.5, 0.6) is 0 Å². The number of carbonyl (C=O) groups is 1. The Morgan fingerprint density at radius 1 is 1.07 bits per heavy atom. The van der Waals surface area contributed by atoms with Gasteiger partial charge in [0.1, 0.15) is 5.60 Å². The smallest absolute Gasteiger partial charge is 0.362 e. The fourth-order valence-corrected chi connectivity index (χ4v) is 3.76. The standard InChI is InChI=1S/C24H33N4O2/c1-24(2,3)30-23(29)18-28(4)15-13-27(14-16-28)22-11-9-21(10-12-22)20-7-5-19(6-8-20)17-26-25/h5-12,17H,13-16,18,25H2,1-4H3/q+1. The van der Waals surface area contributed by atoms with Crippen LogP contribution in [0.1, 0.15) is 26.3 Å². The molecule has 1 saturated heterocycles. The van der Waals surface area contributed by atoms with Gasteiger partial charge in [0.05, 0.1) is 39.4 Å². The van der Waals surface area contributed by atoms with E-state index in [1.54, 1.807) is 6.21 Å². The van der Waals surface area contributed by atoms with Gasteiger partial charge in [-0.05, 0) is 49.6 Å². The number of hydrogen-bond acceptors (Lipinski definition) is 5. The van der Waals surface area contributed by atoms with Crippen molar-refractivity contribution in [3.05, 3.63) is 54.1 Å². The number of hydrazone groups is 1. The lowest BCUT2D eigenvalue weighted by Gasteiger charge is -2.42. The molecule has 1 aliphatic rings. The minimum atomic E-state index is -0.432. The van der Waals surface area contributed by atoms with Gasteiger partial charge in [-0.15, -0.1) is 0 Å². The van der Waals surface area contributed by atoms with Crippen molar-refractivity contribution >= 4 is 17.9 Å². The van der Waals surface area contributed by atoms with E-state index in [-0.39, 0.29) is 5.97 Å². The van der Waals surface area contributed by atoms with E-state index < -0.39 is 5.60 Å². The van der Waals surface area contributed by atoms with Gasteiger partial charge in [0.2, 0.25) is 0 Å². The first-order valence-electron chi connectivity index (χ1n) is 10.4. The zero-order valence-electron chi connectivity index (χ0n) is 18.5. The Morgan fingerprint density at radius 3 is 2.10 bits per heavy atom. The monoisotopic (exact) mass is 409 g/mol. The maximum atomic E-state index is 12.2. The first-order valence-corrected chi connectivity index (χ1v) is 10.4. The molecule has 160 valence electrons. The number of likely N-dealkylation sites (N-methyl/N-ethyl adjacent to an activating group) is 1. The van der Waals surface area contributed by atoms with Gasteiger partial charge in [0.25, 0.3) is 0 Å². The van der Waals surface area contributed by atoms with E-state index in [9.17, 15) is 4.79 Å². The summed E-state index contributed by atoms with van der Waals surface area (Å²) in [5.74, 6) is 5.08. The molecule has 1 aliphatic heterocycles. The summed E-state index contributed by atoms with van der Waals surface area (Å²) >= 11 is 0. The second kappa shape index (κ2) is 8.88. The largest absolute Gasteiger partial charge is 0.456 e. The van der Waals surface area contributed by atoms with Crippen molar-refractivity contribution in [2.45, 2.75) is 26.4 Å². The Bertz CT molecular complexity index is 875. The van der Waals surface area contributed by atoms with Crippen LogP contribution < -0.4 is 10.7 Å². The van der Waals surface area contributed by atoms with Crippen molar-refractivity contribution in [3.63, 3.8) is 0 Å². The molecule has 2 N–H and O–H groups in total. The molecule has 2 aromatic carbocycles. The van der Waals surface area contributed by atoms with E-state index in [4.69, 9.17) is 10.6 Å². The molecule has 6 nitrogen and oxygen atoms in total. The average Bonchev–Trinajstić information content (AvgIpc) is 2.68. The Balaban J connectivity index is 1.58. The summed E-state index contributed by atoms with van der Waals surface area (Å²) in [4.78, 5) is 14.6. The van der Waals surface area contributed by atoms with Crippen molar-refractivity contribution in [1.29, 1.82) is 0 Å². The molecule has 30 heavy (non-hydrogen) atoms. The van der Waals surface area contributed by atoms with Gasteiger partial charge in [-0.25, -0.2) is 4.79 Å². The van der Waals surface area contributed by atoms with Gasteiger partial charge in [0, 0.05) is 5.69 Å². The number of rotatable bonds is 5. The topological polar surface area (TPSA) is 67.9 Å². The molecule has 6 heteroatoms. The molecule has 0 amide bonds. The fourth-order valence-electron chi connectivity index (χ4n) is 3.76. The molecular weight excluding hydrogens is 376 g/mol. The third-order valence-electron chi connectivity index (χ3n) is 5.45. The van der Waals surface area contributed by atoms with Gasteiger partial charge >= 0.3 is 5.97 Å². The van der Waals surface area contributed by atoms with Crippen LogP contribution in [0.15, 0.2) is 53.6 Å². The molecule has 0 aliphatic carbocycles. The first-order chi connectivity index (χ1) is 14.2. The van der Waals surface area contributed by atoms with Crippen molar-refractivity contribution in [2.24, 2.45) is 10.9 Å². The highest BCUT2D eigenvalue weighted by atomic mass is 16.6. The van der Waals surface area contributed by atoms with Gasteiger partial charge < -0.3 is 20.0 Å². The molecule has 3 rings (SSSR count). The first kappa shape index (κ1) is 21.8. The summed E-state index contributed by atoms with van der Waals surface area (Å²) < 4.78 is 6.24. The van der Waals surface area contributed by atoms with Crippen molar-refractivity contribution in [1.82, 2.24) is 0 Å². The van der Waals surface area contributed by atoms with Gasteiger partial charge in [0.15, 0.2) is 6.54 Å². The van der Waals surface area contributed by atoms with Crippen LogP contribution in [0, 0.1) is 0 Å². The summed E-state index contributed by atoms with van der Waals surface area (Å²) in [5, 5.41) is 3.56. The highest BCUT2D eigenvalue weighted by Crippen LogP contribution is 2.25. The van der Waals surface area contributed by atoms with E-state index in [2.05, 4.69) is 53.4 Å². The van der Waals surface area contributed by atoms with Crippen LogP contribution in [-0.2, 0) is 9.53 Å². The number of anilines is 1. The second-order valence-electron chi connectivity index (χ2n) is 9.25.